The van der Waals surface area contributed by atoms with Gasteiger partial charge in [0, 0.05) is 23.9 Å². The quantitative estimate of drug-likeness (QED) is 0.615. The zero-order valence-corrected chi connectivity index (χ0v) is 14.9. The van der Waals surface area contributed by atoms with Crippen molar-refractivity contribution in [1.82, 2.24) is 24.8 Å². The summed E-state index contributed by atoms with van der Waals surface area (Å²) < 4.78 is 1.86. The average molecular weight is 351 g/mol. The van der Waals surface area contributed by atoms with E-state index in [-0.39, 0.29) is 0 Å². The predicted molar refractivity (Wildman–Crippen MR) is 102 cm³/mol. The van der Waals surface area contributed by atoms with Gasteiger partial charge in [0.1, 0.15) is 5.52 Å². The van der Waals surface area contributed by atoms with E-state index < -0.39 is 0 Å². The molecule has 2 saturated carbocycles. The first-order chi connectivity index (χ1) is 12.8. The molecule has 136 valence electrons. The predicted octanol–water partition coefficient (Wildman–Crippen LogP) is 4.09. The second-order valence-corrected chi connectivity index (χ2v) is 7.68. The molecule has 0 aromatic carbocycles. The molecule has 0 radical (unpaired) electrons. The number of hydrogen-bond acceptors (Lipinski definition) is 5. The number of fused-ring (bicyclic) bond motifs is 1. The number of nitrogens with two attached hydrogens (primary N) is 1. The first-order valence-electron chi connectivity index (χ1n) is 9.75. The third kappa shape index (κ3) is 2.91. The van der Waals surface area contributed by atoms with Gasteiger partial charge >= 0.3 is 0 Å². The van der Waals surface area contributed by atoms with Crippen LogP contribution in [0.3, 0.4) is 0 Å². The minimum Gasteiger partial charge on any atom is -0.382 e. The first-order valence-corrected chi connectivity index (χ1v) is 9.75. The molecule has 2 fully saturated rings. The fourth-order valence-corrected chi connectivity index (χ4v) is 4.17. The highest BCUT2D eigenvalue weighted by atomic mass is 15.3. The van der Waals surface area contributed by atoms with E-state index in [1.807, 2.05) is 16.8 Å². The molecule has 3 aromatic heterocycles. The molecule has 26 heavy (non-hydrogen) atoms. The van der Waals surface area contributed by atoms with Crippen LogP contribution in [0.1, 0.15) is 74.5 Å². The summed E-state index contributed by atoms with van der Waals surface area (Å²) in [6.07, 6.45) is 12.2. The molecule has 5 rings (SSSR count). The number of nitrogens with zero attached hydrogens (tertiary/aromatic N) is 4. The minimum atomic E-state index is 0.479. The maximum atomic E-state index is 6.32. The van der Waals surface area contributed by atoms with Crippen molar-refractivity contribution in [3.05, 3.63) is 29.6 Å². The lowest BCUT2D eigenvalue weighted by Gasteiger charge is -2.14. The van der Waals surface area contributed by atoms with Crippen LogP contribution in [-0.2, 0) is 0 Å². The van der Waals surface area contributed by atoms with Crippen LogP contribution in [0.5, 0.6) is 0 Å². The summed E-state index contributed by atoms with van der Waals surface area (Å²) in [5.41, 5.74) is 9.76. The van der Waals surface area contributed by atoms with Crippen LogP contribution in [0.25, 0.3) is 5.52 Å². The van der Waals surface area contributed by atoms with Gasteiger partial charge in [0.25, 0.3) is 0 Å². The molecule has 3 heterocycles. The van der Waals surface area contributed by atoms with Crippen molar-refractivity contribution in [2.24, 2.45) is 0 Å². The Morgan fingerprint density at radius 2 is 1.88 bits per heavy atom. The molecule has 0 amide bonds. The van der Waals surface area contributed by atoms with E-state index in [9.17, 15) is 0 Å². The van der Waals surface area contributed by atoms with Crippen molar-refractivity contribution < 1.29 is 0 Å². The number of aromatic nitrogens is 5. The van der Waals surface area contributed by atoms with Crippen LogP contribution in [0.15, 0.2) is 18.3 Å². The van der Waals surface area contributed by atoms with Crippen LogP contribution >= 0.6 is 0 Å². The van der Waals surface area contributed by atoms with Gasteiger partial charge in [-0.05, 0) is 43.2 Å². The van der Waals surface area contributed by atoms with Gasteiger partial charge in [-0.15, -0.1) is 5.10 Å². The monoisotopic (exact) mass is 351 g/mol. The molecular weight excluding hydrogens is 326 g/mol. The Bertz CT molecular complexity index is 913. The van der Waals surface area contributed by atoms with Crippen molar-refractivity contribution in [2.75, 3.05) is 11.1 Å². The molecule has 2 aliphatic rings. The summed E-state index contributed by atoms with van der Waals surface area (Å²) in [5, 5.41) is 15.2. The molecule has 3 aromatic rings. The van der Waals surface area contributed by atoms with E-state index in [1.165, 1.54) is 62.6 Å². The fraction of sp³-hybridized carbons (Fsp3) is 0.526. The van der Waals surface area contributed by atoms with E-state index in [0.717, 1.165) is 11.3 Å². The van der Waals surface area contributed by atoms with Crippen LogP contribution in [-0.4, -0.2) is 24.8 Å². The topological polar surface area (TPSA) is 96.9 Å². The first kappa shape index (κ1) is 15.7. The Hall–Kier alpha value is -2.57. The molecule has 0 unspecified atom stereocenters. The summed E-state index contributed by atoms with van der Waals surface area (Å²) in [6, 6.07) is 4.20. The number of hydrogen-bond donors (Lipinski definition) is 3. The molecule has 0 atom stereocenters. The van der Waals surface area contributed by atoms with Crippen molar-refractivity contribution in [2.45, 2.75) is 63.2 Å². The van der Waals surface area contributed by atoms with Gasteiger partial charge in [-0.3, -0.25) is 5.10 Å². The number of anilines is 3. The number of rotatable bonds is 4. The zero-order valence-electron chi connectivity index (χ0n) is 14.9. The zero-order chi connectivity index (χ0) is 17.5. The summed E-state index contributed by atoms with van der Waals surface area (Å²) in [6.45, 7) is 0. The van der Waals surface area contributed by atoms with Crippen LogP contribution in [0, 0.1) is 0 Å². The minimum absolute atomic E-state index is 0.479. The Morgan fingerprint density at radius 1 is 1.08 bits per heavy atom. The average Bonchev–Trinajstić information content (AvgIpc) is 3.32. The molecular formula is C19H25N7. The Kier molecular flexibility index (Phi) is 3.80. The molecule has 0 spiro atoms. The van der Waals surface area contributed by atoms with Gasteiger partial charge in [-0.25, -0.2) is 4.52 Å². The number of nitrogen functional groups attached to an aromatic ring is 1. The number of aromatic amines is 1. The largest absolute Gasteiger partial charge is 0.382 e. The van der Waals surface area contributed by atoms with Crippen molar-refractivity contribution in [3.8, 4) is 0 Å². The lowest BCUT2D eigenvalue weighted by atomic mass is 9.92. The summed E-state index contributed by atoms with van der Waals surface area (Å²) in [4.78, 5) is 4.50. The van der Waals surface area contributed by atoms with Gasteiger partial charge in [0.2, 0.25) is 5.95 Å². The van der Waals surface area contributed by atoms with Crippen LogP contribution in [0.2, 0.25) is 0 Å². The summed E-state index contributed by atoms with van der Waals surface area (Å²) >= 11 is 0. The normalized spacial score (nSPS) is 18.9. The standard InChI is InChI=1S/C19H25N7/c20-18-17-14(12-5-3-1-2-4-6-12)9-10-26(17)25-19(22-18)21-16-11-15(23-24-16)13-7-8-13/h9-13H,1-8H2,(H4,20,21,22,23,24,25). The van der Waals surface area contributed by atoms with E-state index in [4.69, 9.17) is 5.73 Å². The maximum Gasteiger partial charge on any atom is 0.248 e. The van der Waals surface area contributed by atoms with Gasteiger partial charge in [-0.1, -0.05) is 25.7 Å². The highest BCUT2D eigenvalue weighted by Crippen LogP contribution is 2.40. The van der Waals surface area contributed by atoms with Crippen molar-refractivity contribution in [1.29, 1.82) is 0 Å². The molecule has 0 saturated heterocycles. The van der Waals surface area contributed by atoms with Gasteiger partial charge < -0.3 is 11.1 Å². The highest BCUT2D eigenvalue weighted by Gasteiger charge is 2.26. The lowest BCUT2D eigenvalue weighted by Crippen LogP contribution is -2.07. The molecule has 0 aliphatic heterocycles. The van der Waals surface area contributed by atoms with Crippen LogP contribution < -0.4 is 11.1 Å². The molecule has 4 N–H and O–H groups in total. The molecule has 2 aliphatic carbocycles. The van der Waals surface area contributed by atoms with Crippen molar-refractivity contribution >= 4 is 23.1 Å². The maximum absolute atomic E-state index is 6.32. The Labute approximate surface area is 152 Å². The second-order valence-electron chi connectivity index (χ2n) is 7.68. The van der Waals surface area contributed by atoms with E-state index in [0.29, 0.717) is 23.6 Å². The Morgan fingerprint density at radius 3 is 2.65 bits per heavy atom. The fourth-order valence-electron chi connectivity index (χ4n) is 4.17. The molecule has 0 bridgehead atoms. The molecule has 7 heteroatoms. The van der Waals surface area contributed by atoms with Gasteiger partial charge in [0.15, 0.2) is 11.6 Å². The summed E-state index contributed by atoms with van der Waals surface area (Å²) in [7, 11) is 0. The Balaban J connectivity index is 1.43. The van der Waals surface area contributed by atoms with E-state index >= 15 is 0 Å². The third-order valence-corrected chi connectivity index (χ3v) is 5.72. The van der Waals surface area contributed by atoms with Crippen LogP contribution in [0.4, 0.5) is 17.6 Å². The number of H-pyrrole nitrogens is 1. The van der Waals surface area contributed by atoms with E-state index in [1.54, 1.807) is 0 Å². The second kappa shape index (κ2) is 6.30. The third-order valence-electron chi connectivity index (χ3n) is 5.72. The summed E-state index contributed by atoms with van der Waals surface area (Å²) in [5.74, 6) is 2.95. The van der Waals surface area contributed by atoms with Gasteiger partial charge in [-0.2, -0.15) is 10.1 Å². The SMILES string of the molecule is Nc1nc(Nc2cc(C3CC3)[nH]n2)nn2ccc(C3CCCCCC3)c12. The van der Waals surface area contributed by atoms with E-state index in [2.05, 4.69) is 31.7 Å². The smallest absolute Gasteiger partial charge is 0.248 e. The van der Waals surface area contributed by atoms with Crippen molar-refractivity contribution in [3.63, 3.8) is 0 Å². The molecule has 7 nitrogen and oxygen atoms in total. The highest BCUT2D eigenvalue weighted by molar-refractivity contribution is 5.72. The lowest BCUT2D eigenvalue weighted by molar-refractivity contribution is 0.596. The number of nitrogens with one attached hydrogen (secondary N) is 2. The van der Waals surface area contributed by atoms with Gasteiger partial charge in [0.05, 0.1) is 0 Å².